The lowest BCUT2D eigenvalue weighted by Crippen LogP contribution is -2.31. The van der Waals surface area contributed by atoms with Crippen LogP contribution in [0.2, 0.25) is 0 Å². The fraction of sp³-hybridized carbons (Fsp3) is 0.348. The molecular formula is C23H28N4O3. The number of hydrogen-bond donors (Lipinski definition) is 1. The molecule has 3 heterocycles. The predicted octanol–water partition coefficient (Wildman–Crippen LogP) is 3.60. The number of rotatable bonds is 10. The van der Waals surface area contributed by atoms with E-state index < -0.39 is 0 Å². The van der Waals surface area contributed by atoms with E-state index in [-0.39, 0.29) is 17.6 Å². The van der Waals surface area contributed by atoms with E-state index in [4.69, 9.17) is 4.42 Å². The Morgan fingerprint density at radius 3 is 2.67 bits per heavy atom. The number of aromatic nitrogens is 2. The Bertz CT molecular complexity index is 962. The van der Waals surface area contributed by atoms with Crippen LogP contribution in [0.3, 0.4) is 0 Å². The molecule has 0 atom stereocenters. The molecule has 0 aliphatic rings. The molecule has 158 valence electrons. The third kappa shape index (κ3) is 5.59. The molecule has 7 nitrogen and oxygen atoms in total. The van der Waals surface area contributed by atoms with E-state index >= 15 is 0 Å². The van der Waals surface area contributed by atoms with Crippen molar-refractivity contribution in [1.82, 2.24) is 19.8 Å². The average molecular weight is 409 g/mol. The Hall–Kier alpha value is -3.35. The van der Waals surface area contributed by atoms with Crippen molar-refractivity contribution in [2.24, 2.45) is 0 Å². The van der Waals surface area contributed by atoms with Crippen LogP contribution in [0.25, 0.3) is 0 Å². The number of furan rings is 1. The summed E-state index contributed by atoms with van der Waals surface area (Å²) in [5.41, 5.74) is 2.01. The number of carbonyl (C=O) groups is 2. The van der Waals surface area contributed by atoms with Crippen molar-refractivity contribution in [3.8, 4) is 0 Å². The molecule has 0 aliphatic heterocycles. The predicted molar refractivity (Wildman–Crippen MR) is 114 cm³/mol. The smallest absolute Gasteiger partial charge is 0.287 e. The van der Waals surface area contributed by atoms with Crippen LogP contribution in [0.15, 0.2) is 59.4 Å². The number of nitrogens with zero attached hydrogens (tertiary/aromatic N) is 3. The second-order valence-corrected chi connectivity index (χ2v) is 7.10. The molecule has 3 aromatic rings. The fourth-order valence-corrected chi connectivity index (χ4v) is 3.25. The van der Waals surface area contributed by atoms with Gasteiger partial charge in [-0.3, -0.25) is 14.6 Å². The van der Waals surface area contributed by atoms with Gasteiger partial charge in [0.25, 0.3) is 5.91 Å². The van der Waals surface area contributed by atoms with E-state index in [9.17, 15) is 9.59 Å². The van der Waals surface area contributed by atoms with Gasteiger partial charge in [-0.05, 0) is 48.4 Å². The zero-order chi connectivity index (χ0) is 21.3. The van der Waals surface area contributed by atoms with E-state index in [1.54, 1.807) is 18.5 Å². The highest BCUT2D eigenvalue weighted by molar-refractivity contribution is 5.91. The summed E-state index contributed by atoms with van der Waals surface area (Å²) in [6.45, 7) is 6.17. The van der Waals surface area contributed by atoms with Gasteiger partial charge in [-0.15, -0.1) is 0 Å². The van der Waals surface area contributed by atoms with Gasteiger partial charge in [-0.2, -0.15) is 0 Å². The van der Waals surface area contributed by atoms with Crippen LogP contribution in [0.4, 0.5) is 0 Å². The zero-order valence-electron chi connectivity index (χ0n) is 17.5. The van der Waals surface area contributed by atoms with Crippen molar-refractivity contribution >= 4 is 11.8 Å². The minimum absolute atomic E-state index is 0.149. The molecule has 2 amide bonds. The molecule has 0 aromatic carbocycles. The van der Waals surface area contributed by atoms with E-state index in [1.165, 1.54) is 0 Å². The Balaban J connectivity index is 1.61. The molecule has 0 unspecified atom stereocenters. The van der Waals surface area contributed by atoms with Crippen LogP contribution < -0.4 is 5.32 Å². The lowest BCUT2D eigenvalue weighted by molar-refractivity contribution is -0.131. The molecule has 0 saturated heterocycles. The number of amides is 2. The topological polar surface area (TPSA) is 80.4 Å². The molecule has 30 heavy (non-hydrogen) atoms. The normalized spacial score (nSPS) is 10.7. The van der Waals surface area contributed by atoms with Crippen LogP contribution in [-0.4, -0.2) is 32.8 Å². The lowest BCUT2D eigenvalue weighted by atomic mass is 10.2. The van der Waals surface area contributed by atoms with E-state index in [0.29, 0.717) is 31.8 Å². The zero-order valence-corrected chi connectivity index (χ0v) is 17.5. The van der Waals surface area contributed by atoms with Crippen LogP contribution in [0.1, 0.15) is 54.3 Å². The molecule has 0 saturated carbocycles. The molecule has 3 rings (SSSR count). The molecule has 0 fully saturated rings. The van der Waals surface area contributed by atoms with Gasteiger partial charge in [-0.25, -0.2) is 0 Å². The maximum absolute atomic E-state index is 12.4. The summed E-state index contributed by atoms with van der Waals surface area (Å²) in [5, 5.41) is 2.85. The summed E-state index contributed by atoms with van der Waals surface area (Å²) < 4.78 is 7.80. The van der Waals surface area contributed by atoms with Crippen LogP contribution in [0, 0.1) is 0 Å². The standard InChI is InChI=1S/C23H28N4O3/c1-3-13-27(22(28)4-2)16-19-6-5-14-26(19)17-20-7-8-21(30-20)23(29)25-15-18-9-11-24-12-10-18/h5-12,14H,3-4,13,15-17H2,1-2H3,(H,25,29). The van der Waals surface area contributed by atoms with Gasteiger partial charge in [0.15, 0.2) is 5.76 Å². The molecule has 7 heteroatoms. The van der Waals surface area contributed by atoms with Crippen LogP contribution in [-0.2, 0) is 24.4 Å². The molecule has 3 aromatic heterocycles. The summed E-state index contributed by atoms with van der Waals surface area (Å²) >= 11 is 0. The average Bonchev–Trinajstić information content (AvgIpc) is 3.42. The molecule has 0 spiro atoms. The quantitative estimate of drug-likeness (QED) is 0.556. The van der Waals surface area contributed by atoms with Crippen LogP contribution >= 0.6 is 0 Å². The molecule has 0 bridgehead atoms. The van der Waals surface area contributed by atoms with Crippen molar-refractivity contribution in [1.29, 1.82) is 0 Å². The molecule has 1 N–H and O–H groups in total. The summed E-state index contributed by atoms with van der Waals surface area (Å²) in [7, 11) is 0. The highest BCUT2D eigenvalue weighted by Gasteiger charge is 2.15. The van der Waals surface area contributed by atoms with Crippen molar-refractivity contribution < 1.29 is 14.0 Å². The fourth-order valence-electron chi connectivity index (χ4n) is 3.25. The Labute approximate surface area is 176 Å². The maximum atomic E-state index is 12.4. The summed E-state index contributed by atoms with van der Waals surface area (Å²) in [5.74, 6) is 0.858. The second kappa shape index (κ2) is 10.4. The van der Waals surface area contributed by atoms with Gasteiger partial charge in [0, 0.05) is 43.8 Å². The monoisotopic (exact) mass is 408 g/mol. The van der Waals surface area contributed by atoms with E-state index in [2.05, 4.69) is 17.2 Å². The SMILES string of the molecule is CCCN(Cc1cccn1Cc1ccc(C(=O)NCc2ccncc2)o1)C(=O)CC. The maximum Gasteiger partial charge on any atom is 0.287 e. The van der Waals surface area contributed by atoms with Gasteiger partial charge in [0.1, 0.15) is 5.76 Å². The van der Waals surface area contributed by atoms with Gasteiger partial charge in [-0.1, -0.05) is 13.8 Å². The van der Waals surface area contributed by atoms with E-state index in [0.717, 1.165) is 24.2 Å². The highest BCUT2D eigenvalue weighted by atomic mass is 16.4. The largest absolute Gasteiger partial charge is 0.454 e. The summed E-state index contributed by atoms with van der Waals surface area (Å²) in [6.07, 6.45) is 6.76. The second-order valence-electron chi connectivity index (χ2n) is 7.10. The van der Waals surface area contributed by atoms with Gasteiger partial charge < -0.3 is 19.2 Å². The number of pyridine rings is 1. The number of nitrogens with one attached hydrogen (secondary N) is 1. The molecule has 0 radical (unpaired) electrons. The number of carbonyl (C=O) groups excluding carboxylic acids is 2. The van der Waals surface area contributed by atoms with Gasteiger partial charge in [0.05, 0.1) is 13.1 Å². The first-order valence-corrected chi connectivity index (χ1v) is 10.3. The summed E-state index contributed by atoms with van der Waals surface area (Å²) in [4.78, 5) is 30.4. The third-order valence-electron chi connectivity index (χ3n) is 4.84. The Morgan fingerprint density at radius 1 is 1.13 bits per heavy atom. The first-order chi connectivity index (χ1) is 14.6. The minimum atomic E-state index is -0.256. The lowest BCUT2D eigenvalue weighted by Gasteiger charge is -2.22. The number of hydrogen-bond acceptors (Lipinski definition) is 4. The third-order valence-corrected chi connectivity index (χ3v) is 4.84. The minimum Gasteiger partial charge on any atom is -0.454 e. The van der Waals surface area contributed by atoms with Crippen LogP contribution in [0.5, 0.6) is 0 Å². The Kier molecular flexibility index (Phi) is 7.43. The van der Waals surface area contributed by atoms with Crippen molar-refractivity contribution in [3.63, 3.8) is 0 Å². The first-order valence-electron chi connectivity index (χ1n) is 10.3. The molecule has 0 aliphatic carbocycles. The van der Waals surface area contributed by atoms with Gasteiger partial charge in [0.2, 0.25) is 5.91 Å². The Morgan fingerprint density at radius 2 is 1.93 bits per heavy atom. The molecular weight excluding hydrogens is 380 g/mol. The van der Waals surface area contributed by atoms with Crippen molar-refractivity contribution in [3.05, 3.63) is 77.8 Å². The van der Waals surface area contributed by atoms with Crippen molar-refractivity contribution in [2.75, 3.05) is 6.54 Å². The van der Waals surface area contributed by atoms with Gasteiger partial charge >= 0.3 is 0 Å². The van der Waals surface area contributed by atoms with Crippen molar-refractivity contribution in [2.45, 2.75) is 46.3 Å². The highest BCUT2D eigenvalue weighted by Crippen LogP contribution is 2.14. The van der Waals surface area contributed by atoms with E-state index in [1.807, 2.05) is 52.9 Å². The summed E-state index contributed by atoms with van der Waals surface area (Å²) in [6, 6.07) is 11.2. The first kappa shape index (κ1) is 21.4.